The van der Waals surface area contributed by atoms with Crippen molar-refractivity contribution in [1.29, 1.82) is 0 Å². The van der Waals surface area contributed by atoms with Crippen LogP contribution in [0.1, 0.15) is 32.8 Å². The predicted molar refractivity (Wildman–Crippen MR) is 183 cm³/mol. The third kappa shape index (κ3) is 8.11. The highest BCUT2D eigenvalue weighted by Gasteiger charge is 2.28. The van der Waals surface area contributed by atoms with Crippen molar-refractivity contribution in [1.82, 2.24) is 0 Å². The molecule has 2 atom stereocenters. The number of benzene rings is 4. The van der Waals surface area contributed by atoms with Crippen LogP contribution in [-0.2, 0) is 0 Å². The fraction of sp³-hybridized carbons (Fsp3) is 0.222. The van der Waals surface area contributed by atoms with Gasteiger partial charge in [-0.2, -0.15) is 0 Å². The lowest BCUT2D eigenvalue weighted by Gasteiger charge is -2.26. The molecule has 0 radical (unpaired) electrons. The molecule has 10 nitrogen and oxygen atoms in total. The average Bonchev–Trinajstić information content (AvgIpc) is 3.09. The number of thioether (sulfide) groups is 1. The summed E-state index contributed by atoms with van der Waals surface area (Å²) in [7, 11) is 9.36. The molecule has 0 amide bonds. The van der Waals surface area contributed by atoms with E-state index in [1.807, 2.05) is 24.3 Å². The van der Waals surface area contributed by atoms with Gasteiger partial charge in [-0.15, -0.1) is 11.8 Å². The second-order valence-corrected chi connectivity index (χ2v) is 11.4. The number of aromatic hydroxyl groups is 4. The maximum Gasteiger partial charge on any atom is 0.157 e. The summed E-state index contributed by atoms with van der Waals surface area (Å²) >= 11 is 1.50. The molecule has 0 aliphatic heterocycles. The van der Waals surface area contributed by atoms with E-state index in [0.717, 1.165) is 0 Å². The topological polar surface area (TPSA) is 136 Å². The molecule has 4 N–H and O–H groups in total. The second kappa shape index (κ2) is 15.8. The fourth-order valence-electron chi connectivity index (χ4n) is 4.89. The average molecular weight is 663 g/mol. The van der Waals surface area contributed by atoms with E-state index in [-0.39, 0.29) is 23.0 Å². The summed E-state index contributed by atoms with van der Waals surface area (Å²) in [5.41, 5.74) is 2.69. The summed E-state index contributed by atoms with van der Waals surface area (Å²) < 4.78 is 34.4. The van der Waals surface area contributed by atoms with E-state index in [9.17, 15) is 20.4 Å². The number of methoxy groups -OCH3 is 6. The van der Waals surface area contributed by atoms with Crippen molar-refractivity contribution in [3.8, 4) is 57.5 Å². The number of hydrogen-bond donors (Lipinski definition) is 4. The zero-order valence-corrected chi connectivity index (χ0v) is 27.7. The van der Waals surface area contributed by atoms with Gasteiger partial charge in [0, 0.05) is 24.3 Å². The van der Waals surface area contributed by atoms with Gasteiger partial charge in [0.05, 0.1) is 64.3 Å². The van der Waals surface area contributed by atoms with E-state index in [1.165, 1.54) is 36.0 Å². The monoisotopic (exact) mass is 662 g/mol. The van der Waals surface area contributed by atoms with Crippen molar-refractivity contribution < 1.29 is 48.8 Å². The largest absolute Gasteiger partial charge is 0.504 e. The Hall–Kier alpha value is -5.29. The van der Waals surface area contributed by atoms with Crippen LogP contribution in [0.15, 0.2) is 72.8 Å². The van der Waals surface area contributed by atoms with Gasteiger partial charge in [-0.05, 0) is 35.4 Å². The molecule has 0 heterocycles. The van der Waals surface area contributed by atoms with Crippen molar-refractivity contribution >= 4 is 23.9 Å². The number of phenolic OH excluding ortho intramolecular Hbond substituents is 4. The lowest BCUT2D eigenvalue weighted by molar-refractivity contribution is 0.369. The molecule has 11 heteroatoms. The highest BCUT2D eigenvalue weighted by Crippen LogP contribution is 2.53. The minimum Gasteiger partial charge on any atom is -0.504 e. The van der Waals surface area contributed by atoms with Crippen molar-refractivity contribution in [2.75, 3.05) is 42.7 Å². The second-order valence-electron chi connectivity index (χ2n) is 10.1. The van der Waals surface area contributed by atoms with Crippen LogP contribution in [0.5, 0.6) is 57.5 Å². The molecular weight excluding hydrogens is 624 g/mol. The first-order valence-corrected chi connectivity index (χ1v) is 15.3. The van der Waals surface area contributed by atoms with Gasteiger partial charge >= 0.3 is 0 Å². The molecule has 0 aliphatic rings. The molecule has 0 spiro atoms. The number of phenols is 4. The quantitative estimate of drug-likeness (QED) is 0.0999. The molecule has 0 aromatic heterocycles. The van der Waals surface area contributed by atoms with Crippen LogP contribution in [-0.4, -0.2) is 63.1 Å². The predicted octanol–water partition coefficient (Wildman–Crippen LogP) is 7.50. The molecule has 0 saturated carbocycles. The Morgan fingerprint density at radius 1 is 0.468 bits per heavy atom. The molecule has 0 aliphatic carbocycles. The summed E-state index contributed by atoms with van der Waals surface area (Å²) in [6.45, 7) is 0. The molecule has 47 heavy (non-hydrogen) atoms. The van der Waals surface area contributed by atoms with Crippen molar-refractivity contribution in [3.63, 3.8) is 0 Å². The van der Waals surface area contributed by atoms with Crippen LogP contribution in [0.4, 0.5) is 0 Å². The van der Waals surface area contributed by atoms with Crippen LogP contribution in [0.3, 0.4) is 0 Å². The zero-order chi connectivity index (χ0) is 34.1. The minimum atomic E-state index is -0.471. The van der Waals surface area contributed by atoms with Crippen molar-refractivity contribution in [3.05, 3.63) is 95.1 Å². The number of rotatable bonds is 14. The molecule has 4 rings (SSSR count). The van der Waals surface area contributed by atoms with Gasteiger partial charge < -0.3 is 48.8 Å². The Morgan fingerprint density at radius 3 is 1.09 bits per heavy atom. The molecule has 0 bridgehead atoms. The van der Waals surface area contributed by atoms with Crippen LogP contribution in [0.2, 0.25) is 0 Å². The first kappa shape index (κ1) is 34.6. The summed E-state index contributed by atoms with van der Waals surface area (Å²) in [5.74, 6) is 2.18. The highest BCUT2D eigenvalue weighted by molar-refractivity contribution is 8.00. The third-order valence-corrected chi connectivity index (χ3v) is 8.67. The third-order valence-electron chi connectivity index (χ3n) is 7.29. The molecule has 248 valence electrons. The van der Waals surface area contributed by atoms with Gasteiger partial charge in [0.2, 0.25) is 0 Å². The van der Waals surface area contributed by atoms with Gasteiger partial charge in [-0.1, -0.05) is 36.4 Å². The van der Waals surface area contributed by atoms with Gasteiger partial charge in [-0.3, -0.25) is 0 Å². The standard InChI is InChI=1S/C36H38O10S/c1-41-23-17-29(43-3)35(30(18-23)44-4)33(13-9-21-7-11-25(37)27(39)15-21)47-34(14-10-22-8-12-26(38)28(40)16-22)36-31(45-5)19-24(42-2)20-32(36)46-6/h7-20,33-34,37-40H,1-6H3/b13-9-,14-10?. The van der Waals surface area contributed by atoms with E-state index in [2.05, 4.69) is 0 Å². The van der Waals surface area contributed by atoms with Gasteiger partial charge in [0.15, 0.2) is 23.0 Å². The first-order valence-electron chi connectivity index (χ1n) is 14.3. The van der Waals surface area contributed by atoms with E-state index in [0.29, 0.717) is 56.8 Å². The smallest absolute Gasteiger partial charge is 0.157 e. The Balaban J connectivity index is 1.96. The minimum absolute atomic E-state index is 0.226. The van der Waals surface area contributed by atoms with Crippen molar-refractivity contribution in [2.45, 2.75) is 10.5 Å². The van der Waals surface area contributed by atoms with Gasteiger partial charge in [0.25, 0.3) is 0 Å². The normalized spacial score (nSPS) is 12.6. The van der Waals surface area contributed by atoms with Crippen LogP contribution >= 0.6 is 11.8 Å². The Morgan fingerprint density at radius 2 is 0.809 bits per heavy atom. The molecule has 0 saturated heterocycles. The maximum atomic E-state index is 10.1. The fourth-order valence-corrected chi connectivity index (χ4v) is 6.28. The summed E-state index contributed by atoms with van der Waals surface area (Å²) in [4.78, 5) is 0. The van der Waals surface area contributed by atoms with E-state index < -0.39 is 10.5 Å². The summed E-state index contributed by atoms with van der Waals surface area (Å²) in [5, 5.41) is 39.1. The van der Waals surface area contributed by atoms with E-state index in [1.54, 1.807) is 79.1 Å². The van der Waals surface area contributed by atoms with E-state index in [4.69, 9.17) is 28.4 Å². The number of ether oxygens (including phenoxy) is 6. The summed E-state index contributed by atoms with van der Waals surface area (Å²) in [6, 6.07) is 16.2. The van der Waals surface area contributed by atoms with Gasteiger partial charge in [-0.25, -0.2) is 0 Å². The van der Waals surface area contributed by atoms with Crippen LogP contribution in [0.25, 0.3) is 12.2 Å². The Bertz CT molecular complexity index is 1570. The lowest BCUT2D eigenvalue weighted by atomic mass is 10.1. The molecule has 0 fully saturated rings. The molecular formula is C36H38O10S. The van der Waals surface area contributed by atoms with Crippen LogP contribution < -0.4 is 28.4 Å². The first-order chi connectivity index (χ1) is 22.6. The lowest BCUT2D eigenvalue weighted by Crippen LogP contribution is -2.05. The zero-order valence-electron chi connectivity index (χ0n) is 26.9. The summed E-state index contributed by atoms with van der Waals surface area (Å²) in [6.07, 6.45) is 7.50. The van der Waals surface area contributed by atoms with Crippen LogP contribution in [0, 0.1) is 0 Å². The molecule has 4 aromatic rings. The Labute approximate surface area is 278 Å². The van der Waals surface area contributed by atoms with Gasteiger partial charge in [0.1, 0.15) is 34.5 Å². The van der Waals surface area contributed by atoms with Crippen molar-refractivity contribution in [2.24, 2.45) is 0 Å². The molecule has 4 aromatic carbocycles. The maximum absolute atomic E-state index is 10.1. The highest BCUT2D eigenvalue weighted by atomic mass is 32.2. The number of hydrogen-bond acceptors (Lipinski definition) is 11. The molecule has 2 unspecified atom stereocenters. The SMILES string of the molecule is COc1cc(OC)c(C(C=Cc2ccc(O)c(O)c2)SC(/C=C\c2ccc(O)c(O)c2)c2c(OC)cc(OC)cc2OC)c(OC)c1. The van der Waals surface area contributed by atoms with E-state index >= 15 is 0 Å². The Kier molecular flexibility index (Phi) is 11.6.